The number of amides is 1. The van der Waals surface area contributed by atoms with Crippen molar-refractivity contribution in [2.45, 2.75) is 17.7 Å². The van der Waals surface area contributed by atoms with Gasteiger partial charge in [0.1, 0.15) is 5.75 Å². The number of carbonyl (C=O) groups is 1. The van der Waals surface area contributed by atoms with Crippen LogP contribution in [-0.2, 0) is 4.79 Å². The Morgan fingerprint density at radius 3 is 2.84 bits per heavy atom. The van der Waals surface area contributed by atoms with Crippen molar-refractivity contribution in [3.05, 3.63) is 29.8 Å². The molecule has 1 N–H and O–H groups in total. The van der Waals surface area contributed by atoms with Crippen LogP contribution >= 0.6 is 11.8 Å². The van der Waals surface area contributed by atoms with E-state index in [1.807, 2.05) is 30.5 Å². The first kappa shape index (κ1) is 13.7. The highest BCUT2D eigenvalue weighted by Gasteiger charge is 2.09. The molecule has 4 nitrogen and oxygen atoms in total. The van der Waals surface area contributed by atoms with Gasteiger partial charge in [-0.1, -0.05) is 0 Å². The third-order valence-electron chi connectivity index (χ3n) is 2.82. The normalized spacial score (nSPS) is 15.3. The molecule has 1 aromatic carbocycles. The van der Waals surface area contributed by atoms with Crippen molar-refractivity contribution >= 4 is 29.5 Å². The Morgan fingerprint density at radius 1 is 1.37 bits per heavy atom. The summed E-state index contributed by atoms with van der Waals surface area (Å²) in [5.41, 5.74) is 4.36. The van der Waals surface area contributed by atoms with Crippen molar-refractivity contribution in [2.75, 3.05) is 13.4 Å². The van der Waals surface area contributed by atoms with Crippen LogP contribution < -0.4 is 10.2 Å². The fourth-order valence-electron chi connectivity index (χ4n) is 1.76. The standard InChI is InChI=1S/C14H16N2O2S/c1-18-13-7-6-12(19-2)9-10(13)3-4-11-5-8-14(17)16-15-11/h3-4,6-7,9H,5,8H2,1-2H3,(H,16,17). The number of nitrogens with one attached hydrogen (secondary N) is 1. The summed E-state index contributed by atoms with van der Waals surface area (Å²) in [5.74, 6) is 0.800. The van der Waals surface area contributed by atoms with Crippen molar-refractivity contribution in [2.24, 2.45) is 5.10 Å². The maximum atomic E-state index is 11.0. The summed E-state index contributed by atoms with van der Waals surface area (Å²) in [6.45, 7) is 0. The summed E-state index contributed by atoms with van der Waals surface area (Å²) in [7, 11) is 1.66. The van der Waals surface area contributed by atoms with Crippen molar-refractivity contribution < 1.29 is 9.53 Å². The molecule has 100 valence electrons. The lowest BCUT2D eigenvalue weighted by Crippen LogP contribution is -2.24. The Kier molecular flexibility index (Phi) is 4.63. The fraction of sp³-hybridized carbons (Fsp3) is 0.286. The average Bonchev–Trinajstić information content (AvgIpc) is 2.46. The van der Waals surface area contributed by atoms with Gasteiger partial charge >= 0.3 is 0 Å². The van der Waals surface area contributed by atoms with E-state index in [4.69, 9.17) is 4.74 Å². The molecule has 1 amide bonds. The monoisotopic (exact) mass is 276 g/mol. The number of hydrazone groups is 1. The van der Waals surface area contributed by atoms with Crippen LogP contribution in [0.25, 0.3) is 6.08 Å². The van der Waals surface area contributed by atoms with Gasteiger partial charge < -0.3 is 4.74 Å². The van der Waals surface area contributed by atoms with E-state index in [0.29, 0.717) is 12.8 Å². The van der Waals surface area contributed by atoms with Gasteiger partial charge in [-0.3, -0.25) is 4.79 Å². The number of hydrogen-bond donors (Lipinski definition) is 1. The Hall–Kier alpha value is -1.75. The summed E-state index contributed by atoms with van der Waals surface area (Å²) in [6, 6.07) is 6.05. The zero-order valence-corrected chi connectivity index (χ0v) is 11.8. The molecule has 1 aromatic rings. The minimum atomic E-state index is -0.0286. The molecular formula is C14H16N2O2S. The lowest BCUT2D eigenvalue weighted by atomic mass is 10.1. The lowest BCUT2D eigenvalue weighted by molar-refractivity contribution is -0.121. The van der Waals surface area contributed by atoms with E-state index < -0.39 is 0 Å². The van der Waals surface area contributed by atoms with Crippen LogP contribution in [-0.4, -0.2) is 25.0 Å². The third-order valence-corrected chi connectivity index (χ3v) is 3.55. The van der Waals surface area contributed by atoms with Crippen LogP contribution in [0.15, 0.2) is 34.3 Å². The zero-order chi connectivity index (χ0) is 13.7. The minimum absolute atomic E-state index is 0.0286. The van der Waals surface area contributed by atoms with Crippen molar-refractivity contribution in [1.29, 1.82) is 0 Å². The number of thioether (sulfide) groups is 1. The Labute approximate surface area is 116 Å². The van der Waals surface area contributed by atoms with E-state index >= 15 is 0 Å². The molecule has 19 heavy (non-hydrogen) atoms. The van der Waals surface area contributed by atoms with Gasteiger partial charge in [-0.15, -0.1) is 11.8 Å². The predicted octanol–water partition coefficient (Wildman–Crippen LogP) is 2.70. The average molecular weight is 276 g/mol. The van der Waals surface area contributed by atoms with E-state index in [-0.39, 0.29) is 5.91 Å². The largest absolute Gasteiger partial charge is 0.496 e. The summed E-state index contributed by atoms with van der Waals surface area (Å²) >= 11 is 1.69. The van der Waals surface area contributed by atoms with Crippen LogP contribution in [0.2, 0.25) is 0 Å². The minimum Gasteiger partial charge on any atom is -0.496 e. The van der Waals surface area contributed by atoms with Crippen LogP contribution in [0.5, 0.6) is 5.75 Å². The Bertz CT molecular complexity index is 538. The molecule has 0 fully saturated rings. The highest BCUT2D eigenvalue weighted by atomic mass is 32.2. The van der Waals surface area contributed by atoms with E-state index in [9.17, 15) is 4.79 Å². The molecule has 0 saturated heterocycles. The van der Waals surface area contributed by atoms with Gasteiger partial charge in [0, 0.05) is 23.3 Å². The quantitative estimate of drug-likeness (QED) is 0.860. The zero-order valence-electron chi connectivity index (χ0n) is 11.0. The van der Waals surface area contributed by atoms with Gasteiger partial charge in [-0.2, -0.15) is 5.10 Å². The second kappa shape index (κ2) is 6.43. The van der Waals surface area contributed by atoms with E-state index in [1.165, 1.54) is 4.90 Å². The molecule has 0 radical (unpaired) electrons. The number of methoxy groups -OCH3 is 1. The first-order chi connectivity index (χ1) is 9.22. The molecule has 0 aromatic heterocycles. The highest BCUT2D eigenvalue weighted by molar-refractivity contribution is 7.98. The van der Waals surface area contributed by atoms with Gasteiger partial charge in [0.25, 0.3) is 0 Å². The van der Waals surface area contributed by atoms with E-state index in [2.05, 4.69) is 16.6 Å². The molecule has 1 aliphatic rings. The summed E-state index contributed by atoms with van der Waals surface area (Å²) in [5, 5.41) is 4.01. The Balaban J connectivity index is 2.19. The summed E-state index contributed by atoms with van der Waals surface area (Å²) in [6.07, 6.45) is 7.09. The number of ether oxygens (including phenoxy) is 1. The van der Waals surface area contributed by atoms with Gasteiger partial charge in [-0.05, 0) is 36.6 Å². The number of allylic oxidation sites excluding steroid dienone is 1. The second-order valence-electron chi connectivity index (χ2n) is 4.08. The molecule has 1 heterocycles. The van der Waals surface area contributed by atoms with Gasteiger partial charge in [0.2, 0.25) is 5.91 Å². The SMILES string of the molecule is COc1ccc(SC)cc1C=CC1=NNC(=O)CC1. The Morgan fingerprint density at radius 2 is 2.21 bits per heavy atom. The number of rotatable bonds is 4. The molecular weight excluding hydrogens is 260 g/mol. The third kappa shape index (κ3) is 3.61. The van der Waals surface area contributed by atoms with Crippen LogP contribution in [0.3, 0.4) is 0 Å². The number of nitrogens with zero attached hydrogens (tertiary/aromatic N) is 1. The molecule has 0 bridgehead atoms. The van der Waals surface area contributed by atoms with E-state index in [0.717, 1.165) is 17.0 Å². The van der Waals surface area contributed by atoms with Crippen LogP contribution in [0, 0.1) is 0 Å². The topological polar surface area (TPSA) is 50.7 Å². The summed E-state index contributed by atoms with van der Waals surface area (Å²) in [4.78, 5) is 12.2. The van der Waals surface area contributed by atoms with Crippen molar-refractivity contribution in [1.82, 2.24) is 5.43 Å². The maximum Gasteiger partial charge on any atom is 0.240 e. The van der Waals surface area contributed by atoms with Gasteiger partial charge in [0.15, 0.2) is 0 Å². The fourth-order valence-corrected chi connectivity index (χ4v) is 2.21. The smallest absolute Gasteiger partial charge is 0.240 e. The van der Waals surface area contributed by atoms with Crippen molar-refractivity contribution in [3.63, 3.8) is 0 Å². The van der Waals surface area contributed by atoms with Gasteiger partial charge in [0.05, 0.1) is 12.8 Å². The first-order valence-electron chi connectivity index (χ1n) is 5.98. The number of benzene rings is 1. The van der Waals surface area contributed by atoms with E-state index in [1.54, 1.807) is 18.9 Å². The number of hydrogen-bond acceptors (Lipinski definition) is 4. The number of carbonyl (C=O) groups excluding carboxylic acids is 1. The summed E-state index contributed by atoms with van der Waals surface area (Å²) < 4.78 is 5.33. The molecule has 0 unspecified atom stereocenters. The molecule has 0 atom stereocenters. The van der Waals surface area contributed by atoms with Gasteiger partial charge in [-0.25, -0.2) is 5.43 Å². The van der Waals surface area contributed by atoms with Crippen molar-refractivity contribution in [3.8, 4) is 5.75 Å². The molecule has 1 aliphatic heterocycles. The second-order valence-corrected chi connectivity index (χ2v) is 4.96. The van der Waals surface area contributed by atoms with Crippen LogP contribution in [0.1, 0.15) is 18.4 Å². The molecule has 0 saturated carbocycles. The first-order valence-corrected chi connectivity index (χ1v) is 7.21. The molecule has 5 heteroatoms. The predicted molar refractivity (Wildman–Crippen MR) is 78.6 cm³/mol. The lowest BCUT2D eigenvalue weighted by Gasteiger charge is -2.09. The molecule has 2 rings (SSSR count). The molecule has 0 spiro atoms. The van der Waals surface area contributed by atoms with Crippen LogP contribution in [0.4, 0.5) is 0 Å². The maximum absolute atomic E-state index is 11.0. The highest BCUT2D eigenvalue weighted by Crippen LogP contribution is 2.25. The molecule has 0 aliphatic carbocycles.